The number of hydrogen-bond acceptors (Lipinski definition) is 4. The van der Waals surface area contributed by atoms with E-state index in [1.165, 1.54) is 12.3 Å². The Labute approximate surface area is 99.9 Å². The van der Waals surface area contributed by atoms with E-state index in [4.69, 9.17) is 5.26 Å². The maximum Gasteiger partial charge on any atom is 0.251 e. The Hall–Kier alpha value is -1.93. The maximum absolute atomic E-state index is 11.9. The highest BCUT2D eigenvalue weighted by atomic mass is 16.1. The van der Waals surface area contributed by atoms with E-state index in [-0.39, 0.29) is 17.6 Å². The number of amides is 1. The summed E-state index contributed by atoms with van der Waals surface area (Å²) < 4.78 is 0. The molecule has 1 fully saturated rings. The van der Waals surface area contributed by atoms with Gasteiger partial charge in [0.25, 0.3) is 5.91 Å². The molecule has 2 heterocycles. The van der Waals surface area contributed by atoms with Crippen LogP contribution in [-0.4, -0.2) is 30.0 Å². The van der Waals surface area contributed by atoms with E-state index in [0.29, 0.717) is 5.56 Å². The molecule has 5 nitrogen and oxygen atoms in total. The Morgan fingerprint density at radius 3 is 3.00 bits per heavy atom. The van der Waals surface area contributed by atoms with Crippen LogP contribution in [0.4, 0.5) is 0 Å². The first kappa shape index (κ1) is 11.6. The lowest BCUT2D eigenvalue weighted by Gasteiger charge is -2.23. The van der Waals surface area contributed by atoms with E-state index in [1.807, 2.05) is 6.07 Å². The van der Waals surface area contributed by atoms with Crippen LogP contribution in [0.5, 0.6) is 0 Å². The van der Waals surface area contributed by atoms with Gasteiger partial charge in [-0.1, -0.05) is 0 Å². The first-order valence-electron chi connectivity index (χ1n) is 5.67. The Morgan fingerprint density at radius 1 is 1.53 bits per heavy atom. The minimum atomic E-state index is -0.129. The van der Waals surface area contributed by atoms with Crippen LogP contribution in [0.2, 0.25) is 0 Å². The second-order valence-electron chi connectivity index (χ2n) is 4.04. The van der Waals surface area contributed by atoms with Crippen LogP contribution in [0.25, 0.3) is 0 Å². The molecule has 1 aromatic heterocycles. The Balaban J connectivity index is 2.01. The maximum atomic E-state index is 11.9. The normalized spacial score (nSPS) is 16.2. The predicted octanol–water partition coefficient (Wildman–Crippen LogP) is 0.435. The standard InChI is InChI=1S/C12H14N4O/c13-8-11-7-9(1-6-15-11)12(17)16-10-2-4-14-5-3-10/h1,6-7,10,14H,2-5H2,(H,16,17). The van der Waals surface area contributed by atoms with Gasteiger partial charge in [0.15, 0.2) is 0 Å². The monoisotopic (exact) mass is 230 g/mol. The highest BCUT2D eigenvalue weighted by molar-refractivity contribution is 5.94. The van der Waals surface area contributed by atoms with Gasteiger partial charge in [-0.05, 0) is 38.1 Å². The van der Waals surface area contributed by atoms with Crippen LogP contribution < -0.4 is 10.6 Å². The molecular formula is C12H14N4O. The Bertz CT molecular complexity index is 446. The largest absolute Gasteiger partial charge is 0.349 e. The molecule has 1 aliphatic heterocycles. The zero-order valence-electron chi connectivity index (χ0n) is 9.44. The summed E-state index contributed by atoms with van der Waals surface area (Å²) in [4.78, 5) is 15.7. The fourth-order valence-electron chi connectivity index (χ4n) is 1.87. The molecule has 0 aromatic carbocycles. The first-order chi connectivity index (χ1) is 8.29. The molecule has 1 amide bonds. The van der Waals surface area contributed by atoms with Crippen LogP contribution in [0.15, 0.2) is 18.3 Å². The summed E-state index contributed by atoms with van der Waals surface area (Å²) >= 11 is 0. The number of nitrogens with zero attached hydrogens (tertiary/aromatic N) is 2. The number of hydrogen-bond donors (Lipinski definition) is 2. The lowest BCUT2D eigenvalue weighted by Crippen LogP contribution is -2.42. The summed E-state index contributed by atoms with van der Waals surface area (Å²) in [5, 5.41) is 14.9. The Morgan fingerprint density at radius 2 is 2.29 bits per heavy atom. The lowest BCUT2D eigenvalue weighted by atomic mass is 10.1. The minimum absolute atomic E-state index is 0.129. The molecule has 2 N–H and O–H groups in total. The second-order valence-corrected chi connectivity index (χ2v) is 4.04. The summed E-state index contributed by atoms with van der Waals surface area (Å²) in [5.41, 5.74) is 0.762. The van der Waals surface area contributed by atoms with Crippen molar-refractivity contribution >= 4 is 5.91 Å². The molecule has 0 radical (unpaired) electrons. The van der Waals surface area contributed by atoms with E-state index in [0.717, 1.165) is 25.9 Å². The van der Waals surface area contributed by atoms with Crippen molar-refractivity contribution in [1.29, 1.82) is 5.26 Å². The molecule has 17 heavy (non-hydrogen) atoms. The van der Waals surface area contributed by atoms with Gasteiger partial charge < -0.3 is 10.6 Å². The second kappa shape index (κ2) is 5.41. The third-order valence-electron chi connectivity index (χ3n) is 2.81. The number of carbonyl (C=O) groups is 1. The van der Waals surface area contributed by atoms with Gasteiger partial charge in [-0.3, -0.25) is 4.79 Å². The topological polar surface area (TPSA) is 77.8 Å². The van der Waals surface area contributed by atoms with Gasteiger partial charge in [0.05, 0.1) is 0 Å². The number of carbonyl (C=O) groups excluding carboxylic acids is 1. The van der Waals surface area contributed by atoms with Crippen molar-refractivity contribution in [1.82, 2.24) is 15.6 Å². The lowest BCUT2D eigenvalue weighted by molar-refractivity contribution is 0.0929. The zero-order valence-corrected chi connectivity index (χ0v) is 9.44. The predicted molar refractivity (Wildman–Crippen MR) is 62.3 cm³/mol. The molecule has 1 aliphatic rings. The number of piperidine rings is 1. The van der Waals surface area contributed by atoms with Crippen molar-refractivity contribution in [3.63, 3.8) is 0 Å². The third-order valence-corrected chi connectivity index (χ3v) is 2.81. The van der Waals surface area contributed by atoms with Gasteiger partial charge in [-0.2, -0.15) is 5.26 Å². The summed E-state index contributed by atoms with van der Waals surface area (Å²) in [5.74, 6) is -0.129. The molecule has 0 unspecified atom stereocenters. The van der Waals surface area contributed by atoms with Crippen molar-refractivity contribution in [3.05, 3.63) is 29.6 Å². The minimum Gasteiger partial charge on any atom is -0.349 e. The smallest absolute Gasteiger partial charge is 0.251 e. The highest BCUT2D eigenvalue weighted by Gasteiger charge is 2.16. The molecule has 0 spiro atoms. The molecule has 0 aliphatic carbocycles. The summed E-state index contributed by atoms with van der Waals surface area (Å²) in [6.07, 6.45) is 3.37. The molecular weight excluding hydrogens is 216 g/mol. The quantitative estimate of drug-likeness (QED) is 0.772. The highest BCUT2D eigenvalue weighted by Crippen LogP contribution is 2.05. The number of nitrogens with one attached hydrogen (secondary N) is 2. The van der Waals surface area contributed by atoms with Gasteiger partial charge in [0, 0.05) is 17.8 Å². The first-order valence-corrected chi connectivity index (χ1v) is 5.67. The molecule has 1 aromatic rings. The van der Waals surface area contributed by atoms with E-state index < -0.39 is 0 Å². The van der Waals surface area contributed by atoms with Crippen molar-refractivity contribution in [2.45, 2.75) is 18.9 Å². The third kappa shape index (κ3) is 3.02. The van der Waals surface area contributed by atoms with Gasteiger partial charge in [0.2, 0.25) is 0 Å². The van der Waals surface area contributed by atoms with Gasteiger partial charge in [0.1, 0.15) is 11.8 Å². The van der Waals surface area contributed by atoms with E-state index in [1.54, 1.807) is 6.07 Å². The molecule has 0 bridgehead atoms. The molecule has 5 heteroatoms. The van der Waals surface area contributed by atoms with E-state index in [9.17, 15) is 4.79 Å². The molecule has 88 valence electrons. The molecule has 1 saturated heterocycles. The van der Waals surface area contributed by atoms with Crippen LogP contribution in [-0.2, 0) is 0 Å². The van der Waals surface area contributed by atoms with Gasteiger partial charge in [-0.25, -0.2) is 4.98 Å². The van der Waals surface area contributed by atoms with Gasteiger partial charge >= 0.3 is 0 Å². The number of rotatable bonds is 2. The summed E-state index contributed by atoms with van der Waals surface area (Å²) in [6, 6.07) is 5.28. The van der Waals surface area contributed by atoms with Gasteiger partial charge in [-0.15, -0.1) is 0 Å². The van der Waals surface area contributed by atoms with Crippen LogP contribution in [0.3, 0.4) is 0 Å². The van der Waals surface area contributed by atoms with Crippen molar-refractivity contribution in [2.24, 2.45) is 0 Å². The fourth-order valence-corrected chi connectivity index (χ4v) is 1.87. The molecule has 0 atom stereocenters. The van der Waals surface area contributed by atoms with Crippen molar-refractivity contribution in [2.75, 3.05) is 13.1 Å². The molecule has 0 saturated carbocycles. The number of aromatic nitrogens is 1. The summed E-state index contributed by atoms with van der Waals surface area (Å²) in [6.45, 7) is 1.87. The number of pyridine rings is 1. The average Bonchev–Trinajstić information content (AvgIpc) is 2.40. The van der Waals surface area contributed by atoms with Crippen LogP contribution in [0.1, 0.15) is 28.9 Å². The van der Waals surface area contributed by atoms with Crippen LogP contribution >= 0.6 is 0 Å². The van der Waals surface area contributed by atoms with Crippen molar-refractivity contribution in [3.8, 4) is 6.07 Å². The number of nitriles is 1. The van der Waals surface area contributed by atoms with Crippen LogP contribution in [0, 0.1) is 11.3 Å². The zero-order chi connectivity index (χ0) is 12.1. The SMILES string of the molecule is N#Cc1cc(C(=O)NC2CCNCC2)ccn1. The Kier molecular flexibility index (Phi) is 3.68. The van der Waals surface area contributed by atoms with E-state index >= 15 is 0 Å². The molecule has 2 rings (SSSR count). The average molecular weight is 230 g/mol. The van der Waals surface area contributed by atoms with E-state index in [2.05, 4.69) is 15.6 Å². The summed E-state index contributed by atoms with van der Waals surface area (Å²) in [7, 11) is 0. The van der Waals surface area contributed by atoms with Crippen molar-refractivity contribution < 1.29 is 4.79 Å². The fraction of sp³-hybridized carbons (Fsp3) is 0.417.